The first-order valence-electron chi connectivity index (χ1n) is 7.54. The van der Waals surface area contributed by atoms with Crippen LogP contribution >= 0.6 is 23.1 Å². The predicted octanol–water partition coefficient (Wildman–Crippen LogP) is 3.12. The lowest BCUT2D eigenvalue weighted by molar-refractivity contribution is -0.0654. The Balaban J connectivity index is 1.54. The second kappa shape index (κ2) is 7.03. The summed E-state index contributed by atoms with van der Waals surface area (Å²) in [6, 6.07) is 2.14. The summed E-state index contributed by atoms with van der Waals surface area (Å²) >= 11 is 3.64. The van der Waals surface area contributed by atoms with Gasteiger partial charge in [-0.3, -0.25) is 0 Å². The highest BCUT2D eigenvalue weighted by Crippen LogP contribution is 2.27. The van der Waals surface area contributed by atoms with Gasteiger partial charge in [-0.25, -0.2) is 4.79 Å². The molecule has 21 heavy (non-hydrogen) atoms. The molecule has 0 bridgehead atoms. The van der Waals surface area contributed by atoms with Gasteiger partial charge in [0.25, 0.3) is 0 Å². The third-order valence-electron chi connectivity index (χ3n) is 3.97. The number of amides is 2. The average Bonchev–Trinajstić information content (AvgIpc) is 3.17. The highest BCUT2D eigenvalue weighted by molar-refractivity contribution is 8.00. The molecule has 2 aliphatic rings. The van der Waals surface area contributed by atoms with Crippen molar-refractivity contribution in [3.8, 4) is 0 Å². The molecule has 2 fully saturated rings. The van der Waals surface area contributed by atoms with Gasteiger partial charge in [0.2, 0.25) is 0 Å². The molecule has 0 saturated carbocycles. The summed E-state index contributed by atoms with van der Waals surface area (Å²) in [7, 11) is 0. The fourth-order valence-corrected chi connectivity index (χ4v) is 4.78. The van der Waals surface area contributed by atoms with E-state index in [2.05, 4.69) is 22.1 Å². The van der Waals surface area contributed by atoms with Crippen molar-refractivity contribution in [1.29, 1.82) is 0 Å². The van der Waals surface area contributed by atoms with E-state index in [1.54, 1.807) is 11.3 Å². The number of hydrogen-bond donors (Lipinski definition) is 1. The molecule has 0 aromatic carbocycles. The molecule has 1 N–H and O–H groups in total. The van der Waals surface area contributed by atoms with Crippen LogP contribution in [-0.4, -0.2) is 47.7 Å². The van der Waals surface area contributed by atoms with Gasteiger partial charge in [-0.15, -0.1) is 0 Å². The molecule has 2 aliphatic heterocycles. The summed E-state index contributed by atoms with van der Waals surface area (Å²) in [5.41, 5.74) is 1.18. The van der Waals surface area contributed by atoms with Crippen LogP contribution in [0.4, 0.5) is 4.79 Å². The van der Waals surface area contributed by atoms with Crippen LogP contribution in [0.1, 0.15) is 31.4 Å². The fraction of sp³-hybridized carbons (Fsp3) is 0.667. The van der Waals surface area contributed by atoms with E-state index in [4.69, 9.17) is 4.74 Å². The van der Waals surface area contributed by atoms with E-state index in [-0.39, 0.29) is 18.2 Å². The van der Waals surface area contributed by atoms with Crippen LogP contribution < -0.4 is 5.32 Å². The SMILES string of the molecule is C[C@@H]1CN(C(=O)NC[C@@H]2CCCS2)C[C@H](c2ccsc2)O1. The molecule has 0 unspecified atom stereocenters. The number of ether oxygens (including phenoxy) is 1. The minimum absolute atomic E-state index is 0.00612. The van der Waals surface area contributed by atoms with Crippen molar-refractivity contribution < 1.29 is 9.53 Å². The van der Waals surface area contributed by atoms with Crippen LogP contribution in [0.2, 0.25) is 0 Å². The van der Waals surface area contributed by atoms with Gasteiger partial charge in [0.15, 0.2) is 0 Å². The van der Waals surface area contributed by atoms with Gasteiger partial charge < -0.3 is 15.0 Å². The Morgan fingerprint density at radius 1 is 1.52 bits per heavy atom. The number of carbonyl (C=O) groups excluding carboxylic acids is 1. The van der Waals surface area contributed by atoms with Crippen molar-refractivity contribution in [2.24, 2.45) is 0 Å². The molecular formula is C15H22N2O2S2. The van der Waals surface area contributed by atoms with Crippen LogP contribution in [0.15, 0.2) is 16.8 Å². The second-order valence-electron chi connectivity index (χ2n) is 5.72. The summed E-state index contributed by atoms with van der Waals surface area (Å²) in [4.78, 5) is 14.3. The number of urea groups is 1. The topological polar surface area (TPSA) is 41.6 Å². The van der Waals surface area contributed by atoms with Crippen LogP contribution in [0.5, 0.6) is 0 Å². The first kappa shape index (κ1) is 15.2. The van der Waals surface area contributed by atoms with E-state index in [0.717, 1.165) is 6.54 Å². The van der Waals surface area contributed by atoms with Crippen LogP contribution in [0, 0.1) is 0 Å². The summed E-state index contributed by atoms with van der Waals surface area (Å²) < 4.78 is 5.97. The number of thioether (sulfide) groups is 1. The van der Waals surface area contributed by atoms with E-state index in [1.807, 2.05) is 23.6 Å². The maximum Gasteiger partial charge on any atom is 0.317 e. The maximum absolute atomic E-state index is 12.4. The van der Waals surface area contributed by atoms with Crippen LogP contribution in [0.3, 0.4) is 0 Å². The molecule has 0 spiro atoms. The molecule has 0 aliphatic carbocycles. The van der Waals surface area contributed by atoms with Gasteiger partial charge in [0.1, 0.15) is 6.10 Å². The first-order valence-corrected chi connectivity index (χ1v) is 9.53. The number of nitrogens with zero attached hydrogens (tertiary/aromatic N) is 1. The summed E-state index contributed by atoms with van der Waals surface area (Å²) in [5.74, 6) is 1.23. The lowest BCUT2D eigenvalue weighted by Gasteiger charge is -2.36. The van der Waals surface area contributed by atoms with Gasteiger partial charge in [-0.2, -0.15) is 23.1 Å². The van der Waals surface area contributed by atoms with E-state index in [9.17, 15) is 4.79 Å². The summed E-state index contributed by atoms with van der Waals surface area (Å²) in [5, 5.41) is 7.85. The zero-order valence-corrected chi connectivity index (χ0v) is 13.9. The molecular weight excluding hydrogens is 304 g/mol. The lowest BCUT2D eigenvalue weighted by atomic mass is 10.1. The molecule has 2 saturated heterocycles. The van der Waals surface area contributed by atoms with Gasteiger partial charge in [-0.05, 0) is 47.9 Å². The number of thiophene rings is 1. The van der Waals surface area contributed by atoms with Crippen LogP contribution in [0.25, 0.3) is 0 Å². The summed E-state index contributed by atoms with van der Waals surface area (Å²) in [6.07, 6.45) is 2.59. The molecule has 0 radical (unpaired) electrons. The molecule has 3 atom stereocenters. The van der Waals surface area contributed by atoms with E-state index in [0.29, 0.717) is 18.3 Å². The van der Waals surface area contributed by atoms with Crippen molar-refractivity contribution in [3.63, 3.8) is 0 Å². The predicted molar refractivity (Wildman–Crippen MR) is 88.1 cm³/mol. The van der Waals surface area contributed by atoms with E-state index in [1.165, 1.54) is 24.2 Å². The molecule has 1 aromatic heterocycles. The van der Waals surface area contributed by atoms with Crippen molar-refractivity contribution >= 4 is 29.1 Å². The number of hydrogen-bond acceptors (Lipinski definition) is 4. The molecule has 4 nitrogen and oxygen atoms in total. The average molecular weight is 326 g/mol. The van der Waals surface area contributed by atoms with Gasteiger partial charge in [0, 0.05) is 18.3 Å². The largest absolute Gasteiger partial charge is 0.367 e. The van der Waals surface area contributed by atoms with Crippen molar-refractivity contribution in [3.05, 3.63) is 22.4 Å². The highest BCUT2D eigenvalue weighted by atomic mass is 32.2. The van der Waals surface area contributed by atoms with Gasteiger partial charge in [0.05, 0.1) is 12.6 Å². The minimum atomic E-state index is 0.00612. The van der Waals surface area contributed by atoms with E-state index >= 15 is 0 Å². The van der Waals surface area contributed by atoms with Crippen molar-refractivity contribution in [1.82, 2.24) is 10.2 Å². The number of morpholine rings is 1. The second-order valence-corrected chi connectivity index (χ2v) is 7.91. The Labute approximate surface area is 134 Å². The third kappa shape index (κ3) is 3.93. The fourth-order valence-electron chi connectivity index (χ4n) is 2.88. The Kier molecular flexibility index (Phi) is 5.08. The van der Waals surface area contributed by atoms with E-state index < -0.39 is 0 Å². The third-order valence-corrected chi connectivity index (χ3v) is 6.07. The zero-order chi connectivity index (χ0) is 14.7. The Bertz CT molecular complexity index is 460. The quantitative estimate of drug-likeness (QED) is 0.928. The minimum Gasteiger partial charge on any atom is -0.367 e. The Morgan fingerprint density at radius 2 is 2.43 bits per heavy atom. The van der Waals surface area contributed by atoms with Gasteiger partial charge in [-0.1, -0.05) is 0 Å². The lowest BCUT2D eigenvalue weighted by Crippen LogP contribution is -2.50. The molecule has 3 heterocycles. The van der Waals surface area contributed by atoms with Crippen molar-refractivity contribution in [2.45, 2.75) is 37.2 Å². The molecule has 1 aromatic rings. The molecule has 6 heteroatoms. The van der Waals surface area contributed by atoms with Crippen molar-refractivity contribution in [2.75, 3.05) is 25.4 Å². The maximum atomic E-state index is 12.4. The molecule has 2 amide bonds. The normalized spacial score (nSPS) is 29.6. The number of carbonyl (C=O) groups is 1. The Hall–Kier alpha value is -0.720. The molecule has 3 rings (SSSR count). The first-order chi connectivity index (χ1) is 10.2. The van der Waals surface area contributed by atoms with Gasteiger partial charge >= 0.3 is 6.03 Å². The highest BCUT2D eigenvalue weighted by Gasteiger charge is 2.30. The number of rotatable bonds is 3. The standard InChI is InChI=1S/C15H22N2O2S2/c1-11-8-17(9-14(19-11)12-4-6-20-10-12)15(18)16-7-13-3-2-5-21-13/h4,6,10-11,13-14H,2-3,5,7-9H2,1H3,(H,16,18)/t11-,13+,14-/m1/s1. The monoisotopic (exact) mass is 326 g/mol. The Morgan fingerprint density at radius 3 is 3.14 bits per heavy atom. The summed E-state index contributed by atoms with van der Waals surface area (Å²) in [6.45, 7) is 4.14. The number of nitrogens with one attached hydrogen (secondary N) is 1. The smallest absolute Gasteiger partial charge is 0.317 e. The zero-order valence-electron chi connectivity index (χ0n) is 12.3. The van der Waals surface area contributed by atoms with Crippen LogP contribution in [-0.2, 0) is 4.74 Å². The molecule has 116 valence electrons.